The molecule has 0 bridgehead atoms. The van der Waals surface area contributed by atoms with E-state index >= 15 is 0 Å². The van der Waals surface area contributed by atoms with Crippen LogP contribution in [0.5, 0.6) is 0 Å². The lowest BCUT2D eigenvalue weighted by Gasteiger charge is -2.34. The summed E-state index contributed by atoms with van der Waals surface area (Å²) >= 11 is 3.44. The first-order chi connectivity index (χ1) is 16.6. The van der Waals surface area contributed by atoms with Crippen LogP contribution < -0.4 is 20.9 Å². The number of piperazine rings is 1. The molecular formula is C23H27BrN8O3. The second kappa shape index (κ2) is 9.90. The SMILES string of the molecule is CC(C)(C)NC(=O)Nc1nc2nc(Nc3ccc(N4CCN(C(=O)O)CC4)cc3)ncc2cc1Br. The Kier molecular flexibility index (Phi) is 6.92. The van der Waals surface area contributed by atoms with Gasteiger partial charge in [-0.3, -0.25) is 5.32 Å². The summed E-state index contributed by atoms with van der Waals surface area (Å²) < 4.78 is 0.623. The maximum Gasteiger partial charge on any atom is 0.407 e. The van der Waals surface area contributed by atoms with Gasteiger partial charge in [0.25, 0.3) is 0 Å². The van der Waals surface area contributed by atoms with Gasteiger partial charge in [0.05, 0.1) is 4.47 Å². The molecule has 1 fully saturated rings. The van der Waals surface area contributed by atoms with Crippen molar-refractivity contribution in [2.45, 2.75) is 26.3 Å². The first-order valence-corrected chi connectivity index (χ1v) is 11.9. The molecule has 0 radical (unpaired) electrons. The molecule has 1 aliphatic heterocycles. The minimum atomic E-state index is -0.877. The molecule has 4 N–H and O–H groups in total. The topological polar surface area (TPSA) is 136 Å². The number of aromatic nitrogens is 3. The fraction of sp³-hybridized carbons (Fsp3) is 0.348. The summed E-state index contributed by atoms with van der Waals surface area (Å²) in [4.78, 5) is 40.3. The molecule has 0 unspecified atom stereocenters. The van der Waals surface area contributed by atoms with E-state index in [1.165, 1.54) is 4.90 Å². The van der Waals surface area contributed by atoms with E-state index in [0.29, 0.717) is 48.1 Å². The number of hydrogen-bond acceptors (Lipinski definition) is 7. The van der Waals surface area contributed by atoms with Gasteiger partial charge in [0.15, 0.2) is 11.5 Å². The Hall–Kier alpha value is -3.67. The molecule has 1 saturated heterocycles. The zero-order chi connectivity index (χ0) is 25.2. The second-order valence-electron chi connectivity index (χ2n) is 9.18. The Labute approximate surface area is 211 Å². The Bertz CT molecular complexity index is 1240. The fourth-order valence-electron chi connectivity index (χ4n) is 3.61. The summed E-state index contributed by atoms with van der Waals surface area (Å²) in [5, 5.41) is 18.6. The standard InChI is InChI=1S/C23H27BrN8O3/c1-23(2,3)30-21(33)29-19-17(24)12-14-13-25-20(28-18(14)27-19)26-15-4-6-16(7-5-15)31-8-10-32(11-9-31)22(34)35/h4-7,12-13H,8-11H2,1-3H3,(H,34,35)(H3,25,26,27,28,29,30,33). The number of anilines is 4. The van der Waals surface area contributed by atoms with Crippen molar-refractivity contribution < 1.29 is 14.7 Å². The first-order valence-electron chi connectivity index (χ1n) is 11.1. The average Bonchev–Trinajstić information content (AvgIpc) is 2.79. The van der Waals surface area contributed by atoms with Crippen molar-refractivity contribution in [2.24, 2.45) is 0 Å². The highest BCUT2D eigenvalue weighted by Crippen LogP contribution is 2.26. The van der Waals surface area contributed by atoms with Crippen LogP contribution in [-0.2, 0) is 0 Å². The Morgan fingerprint density at radius 1 is 1.06 bits per heavy atom. The molecule has 3 aromatic rings. The van der Waals surface area contributed by atoms with Crippen molar-refractivity contribution in [2.75, 3.05) is 41.7 Å². The van der Waals surface area contributed by atoms with Gasteiger partial charge in [-0.15, -0.1) is 0 Å². The van der Waals surface area contributed by atoms with Gasteiger partial charge in [0, 0.05) is 54.7 Å². The summed E-state index contributed by atoms with van der Waals surface area (Å²) in [5.41, 5.74) is 1.88. The number of fused-ring (bicyclic) bond motifs is 1. The number of halogens is 1. The number of nitrogens with one attached hydrogen (secondary N) is 3. The number of nitrogens with zero attached hydrogens (tertiary/aromatic N) is 5. The third-order valence-electron chi connectivity index (χ3n) is 5.28. The van der Waals surface area contributed by atoms with Gasteiger partial charge in [0.2, 0.25) is 5.95 Å². The highest BCUT2D eigenvalue weighted by Gasteiger charge is 2.20. The zero-order valence-electron chi connectivity index (χ0n) is 19.7. The van der Waals surface area contributed by atoms with Crippen molar-refractivity contribution in [3.8, 4) is 0 Å². The number of amides is 3. The number of carbonyl (C=O) groups is 2. The number of urea groups is 1. The molecule has 3 amide bonds. The predicted octanol–water partition coefficient (Wildman–Crippen LogP) is 4.25. The molecule has 0 aliphatic carbocycles. The van der Waals surface area contributed by atoms with Gasteiger partial charge >= 0.3 is 12.1 Å². The van der Waals surface area contributed by atoms with Crippen LogP contribution in [0.25, 0.3) is 11.0 Å². The first kappa shape index (κ1) is 24.5. The summed E-state index contributed by atoms with van der Waals surface area (Å²) in [7, 11) is 0. The lowest BCUT2D eigenvalue weighted by molar-refractivity contribution is 0.142. The quantitative estimate of drug-likeness (QED) is 0.384. The van der Waals surface area contributed by atoms with Crippen LogP contribution in [0.4, 0.5) is 32.7 Å². The Morgan fingerprint density at radius 2 is 1.74 bits per heavy atom. The van der Waals surface area contributed by atoms with E-state index in [2.05, 4.69) is 51.7 Å². The molecule has 184 valence electrons. The van der Waals surface area contributed by atoms with E-state index < -0.39 is 6.09 Å². The van der Waals surface area contributed by atoms with E-state index in [9.17, 15) is 9.59 Å². The van der Waals surface area contributed by atoms with Crippen molar-refractivity contribution in [3.63, 3.8) is 0 Å². The summed E-state index contributed by atoms with van der Waals surface area (Å²) in [5.74, 6) is 0.733. The van der Waals surface area contributed by atoms with Crippen molar-refractivity contribution in [3.05, 3.63) is 41.0 Å². The lowest BCUT2D eigenvalue weighted by Crippen LogP contribution is -2.48. The number of carboxylic acid groups (broad SMARTS) is 1. The average molecular weight is 543 g/mol. The molecule has 0 saturated carbocycles. The Balaban J connectivity index is 1.45. The van der Waals surface area contributed by atoms with Crippen LogP contribution in [0, 0.1) is 0 Å². The smallest absolute Gasteiger partial charge is 0.407 e. The number of pyridine rings is 1. The van der Waals surface area contributed by atoms with E-state index in [0.717, 1.165) is 16.8 Å². The number of benzene rings is 1. The zero-order valence-corrected chi connectivity index (χ0v) is 21.3. The van der Waals surface area contributed by atoms with Gasteiger partial charge in [0.1, 0.15) is 0 Å². The molecule has 1 aliphatic rings. The molecule has 1 aromatic carbocycles. The lowest BCUT2D eigenvalue weighted by atomic mass is 10.1. The largest absolute Gasteiger partial charge is 0.465 e. The van der Waals surface area contributed by atoms with E-state index in [1.807, 2.05) is 45.0 Å². The highest BCUT2D eigenvalue weighted by molar-refractivity contribution is 9.10. The minimum absolute atomic E-state index is 0.358. The van der Waals surface area contributed by atoms with E-state index in [-0.39, 0.29) is 11.6 Å². The molecule has 12 heteroatoms. The van der Waals surface area contributed by atoms with Gasteiger partial charge < -0.3 is 25.5 Å². The Morgan fingerprint density at radius 3 is 2.37 bits per heavy atom. The van der Waals surface area contributed by atoms with Crippen LogP contribution in [-0.4, -0.2) is 68.8 Å². The van der Waals surface area contributed by atoms with Gasteiger partial charge in [-0.2, -0.15) is 4.98 Å². The summed E-state index contributed by atoms with van der Waals surface area (Å²) in [6.07, 6.45) is 0.787. The summed E-state index contributed by atoms with van der Waals surface area (Å²) in [6, 6.07) is 9.24. The molecule has 3 heterocycles. The van der Waals surface area contributed by atoms with E-state index in [4.69, 9.17) is 5.11 Å². The number of rotatable bonds is 4. The number of hydrogen-bond donors (Lipinski definition) is 4. The van der Waals surface area contributed by atoms with Crippen LogP contribution in [0.2, 0.25) is 0 Å². The molecule has 2 aromatic heterocycles. The van der Waals surface area contributed by atoms with Crippen LogP contribution >= 0.6 is 15.9 Å². The maximum absolute atomic E-state index is 12.3. The number of carbonyl (C=O) groups excluding carboxylic acids is 1. The van der Waals surface area contributed by atoms with Crippen LogP contribution in [0.3, 0.4) is 0 Å². The fourth-order valence-corrected chi connectivity index (χ4v) is 4.04. The van der Waals surface area contributed by atoms with Crippen molar-refractivity contribution in [1.29, 1.82) is 0 Å². The third-order valence-corrected chi connectivity index (χ3v) is 5.89. The second-order valence-corrected chi connectivity index (χ2v) is 10.0. The normalized spacial score (nSPS) is 14.1. The van der Waals surface area contributed by atoms with Crippen LogP contribution in [0.1, 0.15) is 20.8 Å². The predicted molar refractivity (Wildman–Crippen MR) is 138 cm³/mol. The minimum Gasteiger partial charge on any atom is -0.465 e. The van der Waals surface area contributed by atoms with Crippen molar-refractivity contribution >= 4 is 62.2 Å². The summed E-state index contributed by atoms with van der Waals surface area (Å²) in [6.45, 7) is 7.96. The molecule has 0 atom stereocenters. The van der Waals surface area contributed by atoms with Crippen LogP contribution in [0.15, 0.2) is 41.0 Å². The maximum atomic E-state index is 12.3. The van der Waals surface area contributed by atoms with Gasteiger partial charge in [-0.05, 0) is 67.0 Å². The highest BCUT2D eigenvalue weighted by atomic mass is 79.9. The monoisotopic (exact) mass is 542 g/mol. The molecule has 35 heavy (non-hydrogen) atoms. The molecular weight excluding hydrogens is 516 g/mol. The third kappa shape index (κ3) is 6.27. The van der Waals surface area contributed by atoms with Gasteiger partial charge in [-0.25, -0.2) is 19.6 Å². The molecule has 0 spiro atoms. The molecule has 4 rings (SSSR count). The molecule has 11 nitrogen and oxygen atoms in total. The van der Waals surface area contributed by atoms with E-state index in [1.54, 1.807) is 12.3 Å². The van der Waals surface area contributed by atoms with Gasteiger partial charge in [-0.1, -0.05) is 0 Å². The van der Waals surface area contributed by atoms with Crippen molar-refractivity contribution in [1.82, 2.24) is 25.2 Å².